The molecule has 1 aromatic heterocycles. The van der Waals surface area contributed by atoms with Gasteiger partial charge in [-0.3, -0.25) is 0 Å². The summed E-state index contributed by atoms with van der Waals surface area (Å²) in [5, 5.41) is 0. The second-order valence-corrected chi connectivity index (χ2v) is 4.97. The quantitative estimate of drug-likeness (QED) is 0.816. The molecule has 2 rings (SSSR count). The van der Waals surface area contributed by atoms with Gasteiger partial charge in [0.2, 0.25) is 0 Å². The van der Waals surface area contributed by atoms with Gasteiger partial charge in [-0.15, -0.1) is 6.58 Å². The number of imidazole rings is 1. The van der Waals surface area contributed by atoms with E-state index in [1.807, 2.05) is 6.08 Å². The Morgan fingerprint density at radius 1 is 1.44 bits per heavy atom. The Labute approximate surface area is 109 Å². The van der Waals surface area contributed by atoms with Crippen LogP contribution in [0.15, 0.2) is 12.7 Å². The molecule has 100 valence electrons. The fourth-order valence-electron chi connectivity index (χ4n) is 2.77. The molecule has 1 heterocycles. The Balaban J connectivity index is 2.30. The Hall–Kier alpha value is -1.29. The van der Waals surface area contributed by atoms with Gasteiger partial charge in [-0.25, -0.2) is 4.98 Å². The van der Waals surface area contributed by atoms with Gasteiger partial charge < -0.3 is 15.0 Å². The summed E-state index contributed by atoms with van der Waals surface area (Å²) >= 11 is 0. The summed E-state index contributed by atoms with van der Waals surface area (Å²) < 4.78 is 7.26. The van der Waals surface area contributed by atoms with Gasteiger partial charge in [-0.1, -0.05) is 25.3 Å². The lowest BCUT2D eigenvalue weighted by Crippen LogP contribution is -2.13. The van der Waals surface area contributed by atoms with Crippen molar-refractivity contribution in [2.24, 2.45) is 0 Å². The van der Waals surface area contributed by atoms with Crippen LogP contribution in [-0.2, 0) is 17.9 Å². The first-order valence-electron chi connectivity index (χ1n) is 6.72. The van der Waals surface area contributed by atoms with E-state index >= 15 is 0 Å². The van der Waals surface area contributed by atoms with Crippen molar-refractivity contribution in [3.05, 3.63) is 24.2 Å². The highest BCUT2D eigenvalue weighted by atomic mass is 16.5. The van der Waals surface area contributed by atoms with Gasteiger partial charge in [0.05, 0.1) is 6.61 Å². The van der Waals surface area contributed by atoms with Crippen LogP contribution in [-0.4, -0.2) is 16.7 Å². The van der Waals surface area contributed by atoms with Crippen LogP contribution in [0.2, 0.25) is 0 Å². The van der Waals surface area contributed by atoms with Crippen molar-refractivity contribution in [2.75, 3.05) is 12.8 Å². The fourth-order valence-corrected chi connectivity index (χ4v) is 2.77. The summed E-state index contributed by atoms with van der Waals surface area (Å²) in [6.07, 6.45) is 8.26. The average Bonchev–Trinajstić information content (AvgIpc) is 2.70. The Morgan fingerprint density at radius 3 is 2.78 bits per heavy atom. The molecule has 0 bridgehead atoms. The molecule has 2 N–H and O–H groups in total. The normalized spacial score (nSPS) is 16.9. The standard InChI is InChI=1S/C14H23N3O/c1-3-9-17-13(15)12(10-18-2)16-14(17)11-7-5-4-6-8-11/h3,11H,1,4-10,15H2,2H3. The fraction of sp³-hybridized carbons (Fsp3) is 0.643. The van der Waals surface area contributed by atoms with E-state index < -0.39 is 0 Å². The number of aromatic nitrogens is 2. The Kier molecular flexibility index (Phi) is 4.42. The molecule has 1 aromatic rings. The van der Waals surface area contributed by atoms with Gasteiger partial charge in [0.15, 0.2) is 0 Å². The number of ether oxygens (including phenoxy) is 1. The molecule has 0 radical (unpaired) electrons. The van der Waals surface area contributed by atoms with E-state index in [2.05, 4.69) is 11.1 Å². The summed E-state index contributed by atoms with van der Waals surface area (Å²) in [6, 6.07) is 0. The third-order valence-corrected chi connectivity index (χ3v) is 3.68. The van der Waals surface area contributed by atoms with Gasteiger partial charge in [0.25, 0.3) is 0 Å². The van der Waals surface area contributed by atoms with Crippen LogP contribution in [0.4, 0.5) is 5.82 Å². The highest BCUT2D eigenvalue weighted by Crippen LogP contribution is 2.33. The van der Waals surface area contributed by atoms with Crippen LogP contribution in [0, 0.1) is 0 Å². The van der Waals surface area contributed by atoms with E-state index in [-0.39, 0.29) is 0 Å². The van der Waals surface area contributed by atoms with Crippen LogP contribution >= 0.6 is 0 Å². The van der Waals surface area contributed by atoms with Gasteiger partial charge in [0.1, 0.15) is 17.3 Å². The monoisotopic (exact) mass is 249 g/mol. The second-order valence-electron chi connectivity index (χ2n) is 4.97. The lowest BCUT2D eigenvalue weighted by Gasteiger charge is -2.22. The van der Waals surface area contributed by atoms with Crippen molar-refractivity contribution < 1.29 is 4.74 Å². The highest BCUT2D eigenvalue weighted by Gasteiger charge is 2.23. The predicted molar refractivity (Wildman–Crippen MR) is 73.4 cm³/mol. The zero-order valence-electron chi connectivity index (χ0n) is 11.2. The van der Waals surface area contributed by atoms with E-state index in [4.69, 9.17) is 15.5 Å². The lowest BCUT2D eigenvalue weighted by molar-refractivity contribution is 0.182. The minimum atomic E-state index is 0.482. The van der Waals surface area contributed by atoms with Crippen molar-refractivity contribution >= 4 is 5.82 Å². The number of allylic oxidation sites excluding steroid dienone is 1. The lowest BCUT2D eigenvalue weighted by atomic mass is 9.88. The molecule has 1 aliphatic carbocycles. The van der Waals surface area contributed by atoms with E-state index in [0.29, 0.717) is 12.5 Å². The molecule has 0 unspecified atom stereocenters. The van der Waals surface area contributed by atoms with E-state index in [9.17, 15) is 0 Å². The predicted octanol–water partition coefficient (Wildman–Crippen LogP) is 2.85. The van der Waals surface area contributed by atoms with Crippen LogP contribution in [0.25, 0.3) is 0 Å². The Morgan fingerprint density at radius 2 is 2.17 bits per heavy atom. The summed E-state index contributed by atoms with van der Waals surface area (Å²) in [4.78, 5) is 4.71. The minimum Gasteiger partial charge on any atom is -0.383 e. The first-order valence-corrected chi connectivity index (χ1v) is 6.72. The van der Waals surface area contributed by atoms with Gasteiger partial charge in [-0.05, 0) is 12.8 Å². The Bertz CT molecular complexity index is 405. The molecule has 0 atom stereocenters. The molecule has 4 nitrogen and oxygen atoms in total. The maximum atomic E-state index is 6.16. The van der Waals surface area contributed by atoms with Crippen molar-refractivity contribution in [3.63, 3.8) is 0 Å². The molecular formula is C14H23N3O. The number of nitrogen functional groups attached to an aromatic ring is 1. The van der Waals surface area contributed by atoms with Crippen LogP contribution < -0.4 is 5.73 Å². The SMILES string of the molecule is C=CCn1c(C2CCCCC2)nc(COC)c1N. The molecule has 0 spiro atoms. The van der Waals surface area contributed by atoms with Crippen molar-refractivity contribution in [1.29, 1.82) is 0 Å². The first-order chi connectivity index (χ1) is 8.77. The third kappa shape index (κ3) is 2.58. The summed E-state index contributed by atoms with van der Waals surface area (Å²) in [5.41, 5.74) is 7.02. The van der Waals surface area contributed by atoms with Gasteiger partial charge >= 0.3 is 0 Å². The number of anilines is 1. The van der Waals surface area contributed by atoms with Gasteiger partial charge in [0, 0.05) is 19.6 Å². The number of rotatable bonds is 5. The number of hydrogen-bond acceptors (Lipinski definition) is 3. The molecule has 4 heteroatoms. The molecular weight excluding hydrogens is 226 g/mol. The topological polar surface area (TPSA) is 53.1 Å². The average molecular weight is 249 g/mol. The number of methoxy groups -OCH3 is 1. The number of nitrogens with two attached hydrogens (primary N) is 1. The van der Waals surface area contributed by atoms with Crippen LogP contribution in [0.3, 0.4) is 0 Å². The van der Waals surface area contributed by atoms with Crippen LogP contribution in [0.1, 0.15) is 49.5 Å². The largest absolute Gasteiger partial charge is 0.383 e. The molecule has 1 aliphatic rings. The molecule has 0 saturated heterocycles. The molecule has 0 amide bonds. The minimum absolute atomic E-state index is 0.482. The zero-order chi connectivity index (χ0) is 13.0. The number of nitrogens with zero attached hydrogens (tertiary/aromatic N) is 2. The van der Waals surface area contributed by atoms with Crippen molar-refractivity contribution in [3.8, 4) is 0 Å². The second kappa shape index (κ2) is 6.05. The maximum absolute atomic E-state index is 6.16. The molecule has 1 fully saturated rings. The van der Waals surface area contributed by atoms with Crippen molar-refractivity contribution in [1.82, 2.24) is 9.55 Å². The third-order valence-electron chi connectivity index (χ3n) is 3.68. The number of hydrogen-bond donors (Lipinski definition) is 1. The highest BCUT2D eigenvalue weighted by molar-refractivity contribution is 5.39. The molecule has 0 aromatic carbocycles. The molecule has 1 saturated carbocycles. The zero-order valence-corrected chi connectivity index (χ0v) is 11.2. The summed E-state index contributed by atoms with van der Waals surface area (Å²) in [7, 11) is 1.67. The summed E-state index contributed by atoms with van der Waals surface area (Å²) in [6.45, 7) is 5.02. The summed E-state index contributed by atoms with van der Waals surface area (Å²) in [5.74, 6) is 2.41. The molecule has 18 heavy (non-hydrogen) atoms. The maximum Gasteiger partial charge on any atom is 0.129 e. The van der Waals surface area contributed by atoms with Crippen LogP contribution in [0.5, 0.6) is 0 Å². The smallest absolute Gasteiger partial charge is 0.129 e. The van der Waals surface area contributed by atoms with Crippen molar-refractivity contribution in [2.45, 2.75) is 51.2 Å². The van der Waals surface area contributed by atoms with E-state index in [0.717, 1.165) is 23.9 Å². The van der Waals surface area contributed by atoms with E-state index in [1.54, 1.807) is 7.11 Å². The first kappa shape index (κ1) is 13.1. The van der Waals surface area contributed by atoms with E-state index in [1.165, 1.54) is 32.1 Å². The van der Waals surface area contributed by atoms with Gasteiger partial charge in [-0.2, -0.15) is 0 Å². The molecule has 0 aliphatic heterocycles.